The van der Waals surface area contributed by atoms with Crippen molar-refractivity contribution >= 4 is 43.6 Å². The Bertz CT molecular complexity index is 2080. The van der Waals surface area contributed by atoms with Crippen molar-refractivity contribution in [1.29, 1.82) is 0 Å². The van der Waals surface area contributed by atoms with E-state index in [0.29, 0.717) is 74.0 Å². The summed E-state index contributed by atoms with van der Waals surface area (Å²) in [5, 5.41) is 13.0. The van der Waals surface area contributed by atoms with Gasteiger partial charge < -0.3 is 19.7 Å². The van der Waals surface area contributed by atoms with Crippen LogP contribution in [0.5, 0.6) is 5.75 Å². The normalized spacial score (nSPS) is 16.3. The lowest BCUT2D eigenvalue weighted by atomic mass is 10.00. The summed E-state index contributed by atoms with van der Waals surface area (Å²) in [6, 6.07) is 26.5. The second kappa shape index (κ2) is 12.8. The first-order valence-corrected chi connectivity index (χ1v) is 17.6. The number of piperidine rings is 1. The fourth-order valence-electron chi connectivity index (χ4n) is 7.20. The number of amides is 1. The van der Waals surface area contributed by atoms with E-state index in [1.165, 1.54) is 4.31 Å². The lowest BCUT2D eigenvalue weighted by molar-refractivity contribution is -0.130. The molecule has 47 heavy (non-hydrogen) atoms. The average molecular weight is 652 g/mol. The van der Waals surface area contributed by atoms with Gasteiger partial charge in [0.15, 0.2) is 0 Å². The number of aromatic amines is 1. The van der Waals surface area contributed by atoms with Crippen LogP contribution >= 0.6 is 0 Å². The fraction of sp³-hybridized carbons (Fsp3) is 0.297. The number of carbonyl (C=O) groups excluding carboxylic acids is 1. The average Bonchev–Trinajstić information content (AvgIpc) is 3.70. The molecule has 242 valence electrons. The molecule has 0 aliphatic carbocycles. The third-order valence-corrected chi connectivity index (χ3v) is 11.5. The number of aromatic nitrogens is 1. The summed E-state index contributed by atoms with van der Waals surface area (Å²) in [4.78, 5) is 29.9. The molecule has 9 nitrogen and oxygen atoms in total. The molecular formula is C37H37N3O6S. The molecule has 4 aromatic carbocycles. The Labute approximate surface area is 273 Å². The number of hydrogen-bond donors (Lipinski definition) is 2. The zero-order chi connectivity index (χ0) is 32.5. The van der Waals surface area contributed by atoms with E-state index in [1.54, 1.807) is 24.3 Å². The molecule has 1 amide bonds. The van der Waals surface area contributed by atoms with Crippen molar-refractivity contribution in [2.45, 2.75) is 49.5 Å². The van der Waals surface area contributed by atoms with Gasteiger partial charge in [0.2, 0.25) is 15.9 Å². The van der Waals surface area contributed by atoms with Crippen LogP contribution in [0.3, 0.4) is 0 Å². The predicted molar refractivity (Wildman–Crippen MR) is 181 cm³/mol. The number of aromatic carboxylic acids is 1. The minimum absolute atomic E-state index is 0.0738. The molecule has 7 rings (SSSR count). The summed E-state index contributed by atoms with van der Waals surface area (Å²) in [7, 11) is -3.87. The Balaban J connectivity index is 1.14. The van der Waals surface area contributed by atoms with Gasteiger partial charge in [-0.25, -0.2) is 13.2 Å². The number of ether oxygens (including phenoxy) is 1. The van der Waals surface area contributed by atoms with Gasteiger partial charge in [-0.1, -0.05) is 72.8 Å². The first-order chi connectivity index (χ1) is 22.8. The molecule has 2 fully saturated rings. The zero-order valence-corrected chi connectivity index (χ0v) is 26.8. The smallest absolute Gasteiger partial charge is 0.352 e. The Hall–Kier alpha value is -4.67. The standard InChI is InChI=1S/C37H37N3O6S/c41-34-18-7-21-40(34)26-19-22-39(23-20-26)47(44,45)33-17-4-3-12-28(33)29-13-6-14-30-31(36(37(42)43)38-35(29)30)15-8-24-46-32-16-5-10-25-9-1-2-11-27(25)32/h1-6,9-14,16-17,26,38H,7-8,15,18-24H2,(H,42,43). The summed E-state index contributed by atoms with van der Waals surface area (Å²) < 4.78 is 35.8. The number of benzene rings is 4. The third kappa shape index (κ3) is 5.87. The van der Waals surface area contributed by atoms with E-state index in [0.717, 1.165) is 34.9 Å². The number of aryl methyl sites for hydroxylation is 1. The van der Waals surface area contributed by atoms with Crippen LogP contribution in [-0.4, -0.2) is 71.9 Å². The molecule has 2 aliphatic heterocycles. The van der Waals surface area contributed by atoms with Gasteiger partial charge in [0.1, 0.15) is 11.4 Å². The highest BCUT2D eigenvalue weighted by Crippen LogP contribution is 2.37. The number of rotatable bonds is 10. The van der Waals surface area contributed by atoms with Gasteiger partial charge in [0.25, 0.3) is 0 Å². The molecule has 5 aromatic rings. The molecule has 0 radical (unpaired) electrons. The van der Waals surface area contributed by atoms with Crippen LogP contribution in [0.2, 0.25) is 0 Å². The van der Waals surface area contributed by atoms with Crippen molar-refractivity contribution in [2.75, 3.05) is 26.2 Å². The highest BCUT2D eigenvalue weighted by molar-refractivity contribution is 7.89. The lowest BCUT2D eigenvalue weighted by Gasteiger charge is -2.36. The van der Waals surface area contributed by atoms with Crippen LogP contribution in [0.15, 0.2) is 89.8 Å². The minimum atomic E-state index is -3.87. The Morgan fingerprint density at radius 1 is 0.872 bits per heavy atom. The molecule has 0 atom stereocenters. The molecule has 2 aliphatic rings. The number of carboxylic acids is 1. The van der Waals surface area contributed by atoms with Gasteiger partial charge in [-0.2, -0.15) is 4.31 Å². The highest BCUT2D eigenvalue weighted by atomic mass is 32.2. The summed E-state index contributed by atoms with van der Waals surface area (Å²) in [5.41, 5.74) is 2.48. The van der Waals surface area contributed by atoms with Gasteiger partial charge in [-0.3, -0.25) is 4.79 Å². The van der Waals surface area contributed by atoms with Crippen LogP contribution in [0, 0.1) is 0 Å². The van der Waals surface area contributed by atoms with Crippen molar-refractivity contribution in [3.05, 3.63) is 96.2 Å². The molecule has 0 bridgehead atoms. The first kappa shape index (κ1) is 31.0. The SMILES string of the molecule is O=C(O)c1[nH]c2c(-c3ccccc3S(=O)(=O)N3CCC(N4CCCC4=O)CC3)cccc2c1CCCOc1cccc2ccccc12. The Morgan fingerprint density at radius 3 is 2.36 bits per heavy atom. The summed E-state index contributed by atoms with van der Waals surface area (Å²) in [6.45, 7) is 1.83. The van der Waals surface area contributed by atoms with E-state index < -0.39 is 16.0 Å². The highest BCUT2D eigenvalue weighted by Gasteiger charge is 2.36. The van der Waals surface area contributed by atoms with E-state index in [-0.39, 0.29) is 22.5 Å². The van der Waals surface area contributed by atoms with Crippen molar-refractivity contribution in [3.63, 3.8) is 0 Å². The van der Waals surface area contributed by atoms with Crippen LogP contribution in [0.4, 0.5) is 0 Å². The number of carbonyl (C=O) groups is 2. The van der Waals surface area contributed by atoms with Crippen LogP contribution < -0.4 is 4.74 Å². The molecule has 10 heteroatoms. The zero-order valence-electron chi connectivity index (χ0n) is 26.0. The van der Waals surface area contributed by atoms with Gasteiger partial charge in [0, 0.05) is 54.0 Å². The molecule has 0 saturated carbocycles. The van der Waals surface area contributed by atoms with E-state index in [1.807, 2.05) is 65.6 Å². The summed E-state index contributed by atoms with van der Waals surface area (Å²) >= 11 is 0. The number of H-pyrrole nitrogens is 1. The number of sulfonamides is 1. The van der Waals surface area contributed by atoms with Crippen LogP contribution in [0.1, 0.15) is 48.2 Å². The van der Waals surface area contributed by atoms with Crippen molar-refractivity contribution in [3.8, 4) is 16.9 Å². The van der Waals surface area contributed by atoms with Gasteiger partial charge in [-0.05, 0) is 55.2 Å². The first-order valence-electron chi connectivity index (χ1n) is 16.2. The molecule has 0 spiro atoms. The Kier molecular flexibility index (Phi) is 8.46. The van der Waals surface area contributed by atoms with Gasteiger partial charge >= 0.3 is 5.97 Å². The quantitative estimate of drug-likeness (QED) is 0.167. The molecular weight excluding hydrogens is 614 g/mol. The molecule has 2 saturated heterocycles. The molecule has 0 unspecified atom stereocenters. The Morgan fingerprint density at radius 2 is 1.57 bits per heavy atom. The number of para-hydroxylation sites is 1. The van der Waals surface area contributed by atoms with Gasteiger partial charge in [0.05, 0.1) is 17.0 Å². The van der Waals surface area contributed by atoms with E-state index in [2.05, 4.69) is 4.98 Å². The molecule has 2 N–H and O–H groups in total. The number of likely N-dealkylation sites (tertiary alicyclic amines) is 1. The number of fused-ring (bicyclic) bond motifs is 2. The fourth-order valence-corrected chi connectivity index (χ4v) is 8.87. The number of nitrogens with one attached hydrogen (secondary N) is 1. The monoisotopic (exact) mass is 651 g/mol. The summed E-state index contributed by atoms with van der Waals surface area (Å²) in [6.07, 6.45) is 3.69. The molecule has 3 heterocycles. The van der Waals surface area contributed by atoms with Gasteiger partial charge in [-0.15, -0.1) is 0 Å². The number of carboxylic acid groups (broad SMARTS) is 1. The maximum Gasteiger partial charge on any atom is 0.352 e. The van der Waals surface area contributed by atoms with Crippen LogP contribution in [-0.2, 0) is 21.2 Å². The maximum absolute atomic E-state index is 14.1. The second-order valence-corrected chi connectivity index (χ2v) is 14.2. The maximum atomic E-state index is 14.1. The predicted octanol–water partition coefficient (Wildman–Crippen LogP) is 6.47. The van der Waals surface area contributed by atoms with E-state index >= 15 is 0 Å². The van der Waals surface area contributed by atoms with E-state index in [9.17, 15) is 23.1 Å². The summed E-state index contributed by atoms with van der Waals surface area (Å²) in [5.74, 6) is -0.125. The topological polar surface area (TPSA) is 120 Å². The molecule has 1 aromatic heterocycles. The van der Waals surface area contributed by atoms with E-state index in [4.69, 9.17) is 4.74 Å². The minimum Gasteiger partial charge on any atom is -0.493 e. The van der Waals surface area contributed by atoms with Crippen molar-refractivity contribution in [1.82, 2.24) is 14.2 Å². The van der Waals surface area contributed by atoms with Crippen LogP contribution in [0.25, 0.3) is 32.8 Å². The number of hydrogen-bond acceptors (Lipinski definition) is 5. The second-order valence-electron chi connectivity index (χ2n) is 12.3. The number of nitrogens with zero attached hydrogens (tertiary/aromatic N) is 2. The third-order valence-electron chi connectivity index (χ3n) is 9.50. The lowest BCUT2D eigenvalue weighted by Crippen LogP contribution is -2.47. The van der Waals surface area contributed by atoms with Crippen molar-refractivity contribution in [2.24, 2.45) is 0 Å². The largest absolute Gasteiger partial charge is 0.493 e. The van der Waals surface area contributed by atoms with Crippen molar-refractivity contribution < 1.29 is 27.9 Å².